The van der Waals surface area contributed by atoms with Gasteiger partial charge in [0.15, 0.2) is 0 Å². The number of carboxylic acids is 1. The van der Waals surface area contributed by atoms with Crippen molar-refractivity contribution < 1.29 is 14.6 Å². The standard InChI is InChI=1S/C14H18ClNO3S/c1-2-16-5-6-19-10(8-16)9-20-11-3-4-13(15)12(7-11)14(17)18/h3-4,7,10H,2,5-6,8-9H2,1H3,(H,17,18). The van der Waals surface area contributed by atoms with E-state index in [1.54, 1.807) is 23.9 Å². The molecule has 1 aromatic rings. The average molecular weight is 316 g/mol. The zero-order valence-corrected chi connectivity index (χ0v) is 12.9. The molecule has 0 aliphatic carbocycles. The molecule has 0 amide bonds. The second-order valence-electron chi connectivity index (χ2n) is 4.64. The Morgan fingerprint density at radius 1 is 1.60 bits per heavy atom. The van der Waals surface area contributed by atoms with E-state index in [0.29, 0.717) is 0 Å². The van der Waals surface area contributed by atoms with Crippen molar-refractivity contribution in [1.82, 2.24) is 4.90 Å². The topological polar surface area (TPSA) is 49.8 Å². The molecule has 1 aromatic carbocycles. The average Bonchev–Trinajstić information content (AvgIpc) is 2.46. The fourth-order valence-electron chi connectivity index (χ4n) is 2.12. The second-order valence-corrected chi connectivity index (χ2v) is 6.14. The van der Waals surface area contributed by atoms with E-state index in [1.807, 2.05) is 6.07 Å². The highest BCUT2D eigenvalue weighted by Gasteiger charge is 2.19. The molecule has 1 aliphatic heterocycles. The van der Waals surface area contributed by atoms with Crippen LogP contribution in [0.1, 0.15) is 17.3 Å². The van der Waals surface area contributed by atoms with E-state index in [1.165, 1.54) is 0 Å². The van der Waals surface area contributed by atoms with Crippen molar-refractivity contribution in [2.45, 2.75) is 17.9 Å². The molecule has 1 saturated heterocycles. The van der Waals surface area contributed by atoms with Gasteiger partial charge in [-0.1, -0.05) is 18.5 Å². The van der Waals surface area contributed by atoms with Gasteiger partial charge < -0.3 is 9.84 Å². The Balaban J connectivity index is 1.93. The number of halogens is 1. The molecule has 2 rings (SSSR count). The van der Waals surface area contributed by atoms with E-state index < -0.39 is 5.97 Å². The van der Waals surface area contributed by atoms with Gasteiger partial charge in [0, 0.05) is 23.7 Å². The Labute approximate surface area is 128 Å². The third-order valence-electron chi connectivity index (χ3n) is 3.27. The van der Waals surface area contributed by atoms with Crippen LogP contribution < -0.4 is 0 Å². The lowest BCUT2D eigenvalue weighted by Crippen LogP contribution is -2.43. The third kappa shape index (κ3) is 4.12. The molecular weight excluding hydrogens is 298 g/mol. The summed E-state index contributed by atoms with van der Waals surface area (Å²) in [5.41, 5.74) is 0.149. The summed E-state index contributed by atoms with van der Waals surface area (Å²) in [7, 11) is 0. The van der Waals surface area contributed by atoms with Crippen LogP contribution in [0, 0.1) is 0 Å². The number of rotatable bonds is 5. The predicted octanol–water partition coefficient (Wildman–Crippen LogP) is 2.85. The molecule has 110 valence electrons. The minimum atomic E-state index is -0.997. The zero-order chi connectivity index (χ0) is 14.5. The Kier molecular flexibility index (Phi) is 5.72. The highest BCUT2D eigenvalue weighted by molar-refractivity contribution is 7.99. The molecule has 1 heterocycles. The monoisotopic (exact) mass is 315 g/mol. The van der Waals surface area contributed by atoms with Crippen LogP contribution in [0.25, 0.3) is 0 Å². The number of thioether (sulfide) groups is 1. The lowest BCUT2D eigenvalue weighted by atomic mass is 10.2. The fraction of sp³-hybridized carbons (Fsp3) is 0.500. The number of carbonyl (C=O) groups is 1. The number of benzene rings is 1. The quantitative estimate of drug-likeness (QED) is 0.847. The van der Waals surface area contributed by atoms with Crippen LogP contribution in [0.3, 0.4) is 0 Å². The maximum absolute atomic E-state index is 11.0. The normalized spacial score (nSPS) is 20.0. The maximum atomic E-state index is 11.0. The van der Waals surface area contributed by atoms with Gasteiger partial charge in [-0.25, -0.2) is 4.79 Å². The highest BCUT2D eigenvalue weighted by atomic mass is 35.5. The molecule has 0 bridgehead atoms. The first-order chi connectivity index (χ1) is 9.60. The maximum Gasteiger partial charge on any atom is 0.337 e. The first kappa shape index (κ1) is 15.6. The van der Waals surface area contributed by atoms with Crippen molar-refractivity contribution in [1.29, 1.82) is 0 Å². The van der Waals surface area contributed by atoms with Gasteiger partial charge in [-0.15, -0.1) is 11.8 Å². The SMILES string of the molecule is CCN1CCOC(CSc2ccc(Cl)c(C(=O)O)c2)C1. The molecule has 1 fully saturated rings. The number of aromatic carboxylic acids is 1. The minimum Gasteiger partial charge on any atom is -0.478 e. The lowest BCUT2D eigenvalue weighted by molar-refractivity contribution is -0.0137. The van der Waals surface area contributed by atoms with Crippen molar-refractivity contribution in [2.75, 3.05) is 32.0 Å². The van der Waals surface area contributed by atoms with Crippen molar-refractivity contribution in [3.8, 4) is 0 Å². The number of morpholine rings is 1. The van der Waals surface area contributed by atoms with Crippen LogP contribution in [0.4, 0.5) is 0 Å². The van der Waals surface area contributed by atoms with E-state index in [9.17, 15) is 4.79 Å². The van der Waals surface area contributed by atoms with Gasteiger partial charge in [0.25, 0.3) is 0 Å². The molecular formula is C14H18ClNO3S. The first-order valence-electron chi connectivity index (χ1n) is 6.59. The molecule has 4 nitrogen and oxygen atoms in total. The van der Waals surface area contributed by atoms with Crippen LogP contribution >= 0.6 is 23.4 Å². The second kappa shape index (κ2) is 7.31. The van der Waals surface area contributed by atoms with Gasteiger partial charge in [-0.2, -0.15) is 0 Å². The van der Waals surface area contributed by atoms with E-state index in [-0.39, 0.29) is 16.7 Å². The Bertz CT molecular complexity index is 483. The summed E-state index contributed by atoms with van der Waals surface area (Å²) in [6, 6.07) is 5.10. The third-order valence-corrected chi connectivity index (χ3v) is 4.73. The number of hydrogen-bond acceptors (Lipinski definition) is 4. The Hall–Kier alpha value is -0.750. The number of hydrogen-bond donors (Lipinski definition) is 1. The van der Waals surface area contributed by atoms with Gasteiger partial charge in [0.1, 0.15) is 0 Å². The number of nitrogens with zero attached hydrogens (tertiary/aromatic N) is 1. The molecule has 0 radical (unpaired) electrons. The smallest absolute Gasteiger partial charge is 0.337 e. The highest BCUT2D eigenvalue weighted by Crippen LogP contribution is 2.26. The fourth-order valence-corrected chi connectivity index (χ4v) is 3.26. The molecule has 1 aliphatic rings. The van der Waals surface area contributed by atoms with Gasteiger partial charge in [-0.05, 0) is 24.7 Å². The van der Waals surface area contributed by atoms with Gasteiger partial charge in [0.2, 0.25) is 0 Å². The van der Waals surface area contributed by atoms with E-state index >= 15 is 0 Å². The summed E-state index contributed by atoms with van der Waals surface area (Å²) in [5, 5.41) is 9.32. The van der Waals surface area contributed by atoms with Crippen LogP contribution in [0.5, 0.6) is 0 Å². The van der Waals surface area contributed by atoms with Crippen LogP contribution in [-0.4, -0.2) is 54.1 Å². The first-order valence-corrected chi connectivity index (χ1v) is 7.96. The molecule has 0 saturated carbocycles. The number of likely N-dealkylation sites (N-methyl/N-ethyl adjacent to an activating group) is 1. The molecule has 6 heteroatoms. The summed E-state index contributed by atoms with van der Waals surface area (Å²) in [6.45, 7) is 5.87. The largest absolute Gasteiger partial charge is 0.478 e. The minimum absolute atomic E-state index is 0.149. The van der Waals surface area contributed by atoms with Gasteiger partial charge >= 0.3 is 5.97 Å². The summed E-state index contributed by atoms with van der Waals surface area (Å²) in [4.78, 5) is 14.3. The molecule has 0 aromatic heterocycles. The zero-order valence-electron chi connectivity index (χ0n) is 11.3. The van der Waals surface area contributed by atoms with E-state index in [4.69, 9.17) is 21.4 Å². The van der Waals surface area contributed by atoms with Crippen molar-refractivity contribution in [3.63, 3.8) is 0 Å². The number of ether oxygens (including phenoxy) is 1. The van der Waals surface area contributed by atoms with Crippen LogP contribution in [-0.2, 0) is 4.74 Å². The predicted molar refractivity (Wildman–Crippen MR) is 81.0 cm³/mol. The Morgan fingerprint density at radius 2 is 2.40 bits per heavy atom. The summed E-state index contributed by atoms with van der Waals surface area (Å²) in [6.07, 6.45) is 0.192. The van der Waals surface area contributed by atoms with Crippen molar-refractivity contribution in [3.05, 3.63) is 28.8 Å². The number of carboxylic acid groups (broad SMARTS) is 1. The van der Waals surface area contributed by atoms with Gasteiger partial charge in [-0.3, -0.25) is 4.90 Å². The van der Waals surface area contributed by atoms with E-state index in [2.05, 4.69) is 11.8 Å². The van der Waals surface area contributed by atoms with Crippen molar-refractivity contribution >= 4 is 29.3 Å². The molecule has 20 heavy (non-hydrogen) atoms. The summed E-state index contributed by atoms with van der Waals surface area (Å²) in [5.74, 6) is -0.180. The molecule has 1 N–H and O–H groups in total. The summed E-state index contributed by atoms with van der Waals surface area (Å²) >= 11 is 7.46. The summed E-state index contributed by atoms with van der Waals surface area (Å²) < 4.78 is 5.73. The van der Waals surface area contributed by atoms with E-state index in [0.717, 1.165) is 36.9 Å². The molecule has 0 spiro atoms. The molecule has 1 unspecified atom stereocenters. The Morgan fingerprint density at radius 3 is 3.10 bits per heavy atom. The van der Waals surface area contributed by atoms with Crippen LogP contribution in [0.15, 0.2) is 23.1 Å². The van der Waals surface area contributed by atoms with Crippen molar-refractivity contribution in [2.24, 2.45) is 0 Å². The molecule has 1 atom stereocenters. The van der Waals surface area contributed by atoms with Gasteiger partial charge in [0.05, 0.1) is 23.3 Å². The van der Waals surface area contributed by atoms with Crippen LogP contribution in [0.2, 0.25) is 5.02 Å². The lowest BCUT2D eigenvalue weighted by Gasteiger charge is -2.31.